The second-order valence-corrected chi connectivity index (χ2v) is 13.7. The summed E-state index contributed by atoms with van der Waals surface area (Å²) < 4.78 is 25.7. The molecular formula is C32H68O4Si. The van der Waals surface area contributed by atoms with Crippen LogP contribution in [0.5, 0.6) is 0 Å². The van der Waals surface area contributed by atoms with Crippen molar-refractivity contribution in [2.24, 2.45) is 0 Å². The molecule has 0 saturated heterocycles. The third kappa shape index (κ3) is 26.1. The molecule has 0 aliphatic carbocycles. The summed E-state index contributed by atoms with van der Waals surface area (Å²) in [7, 11) is -2.65. The monoisotopic (exact) mass is 544 g/mol. The summed E-state index contributed by atoms with van der Waals surface area (Å²) in [6.07, 6.45) is 27.6. The van der Waals surface area contributed by atoms with E-state index in [4.69, 9.17) is 18.0 Å². The Labute approximate surface area is 234 Å². The third-order valence-electron chi connectivity index (χ3n) is 7.12. The van der Waals surface area contributed by atoms with Gasteiger partial charge in [-0.25, -0.2) is 0 Å². The van der Waals surface area contributed by atoms with E-state index in [2.05, 4.69) is 27.7 Å². The topological polar surface area (TPSA) is 36.9 Å². The molecule has 0 spiro atoms. The molecule has 0 N–H and O–H groups in total. The predicted molar refractivity (Wildman–Crippen MR) is 164 cm³/mol. The summed E-state index contributed by atoms with van der Waals surface area (Å²) in [5.41, 5.74) is 0. The fourth-order valence-electron chi connectivity index (χ4n) is 4.57. The molecule has 0 aromatic carbocycles. The Morgan fingerprint density at radius 1 is 0.324 bits per heavy atom. The van der Waals surface area contributed by atoms with Crippen molar-refractivity contribution in [1.29, 1.82) is 0 Å². The van der Waals surface area contributed by atoms with E-state index in [9.17, 15) is 0 Å². The van der Waals surface area contributed by atoms with Gasteiger partial charge in [-0.1, -0.05) is 130 Å². The summed E-state index contributed by atoms with van der Waals surface area (Å²) in [4.78, 5) is 0. The van der Waals surface area contributed by atoms with Gasteiger partial charge in [0.15, 0.2) is 0 Å². The van der Waals surface area contributed by atoms with Gasteiger partial charge in [-0.15, -0.1) is 0 Å². The molecule has 0 atom stereocenters. The van der Waals surface area contributed by atoms with Crippen LogP contribution in [0.25, 0.3) is 0 Å². The first-order chi connectivity index (χ1) is 18.2. The Hall–Kier alpha value is 0.0569. The van der Waals surface area contributed by atoms with E-state index in [-0.39, 0.29) is 0 Å². The van der Waals surface area contributed by atoms with Crippen LogP contribution in [-0.4, -0.2) is 41.8 Å². The summed E-state index contributed by atoms with van der Waals surface area (Å²) in [6, 6.07) is 0.936. The molecule has 0 aromatic heterocycles. The number of rotatable bonds is 32. The first-order valence-corrected chi connectivity index (χ1v) is 18.7. The summed E-state index contributed by atoms with van der Waals surface area (Å²) in [5, 5.41) is 0. The van der Waals surface area contributed by atoms with Crippen molar-refractivity contribution in [1.82, 2.24) is 0 Å². The van der Waals surface area contributed by atoms with Gasteiger partial charge in [-0.2, -0.15) is 0 Å². The fraction of sp³-hybridized carbons (Fsp3) is 1.00. The van der Waals surface area contributed by atoms with Crippen molar-refractivity contribution >= 4 is 8.80 Å². The normalized spacial score (nSPS) is 12.0. The van der Waals surface area contributed by atoms with E-state index in [1.165, 1.54) is 103 Å². The molecule has 224 valence electrons. The Balaban J connectivity index is 4.78. The van der Waals surface area contributed by atoms with Crippen LogP contribution in [0.4, 0.5) is 0 Å². The zero-order valence-electron chi connectivity index (χ0n) is 25.9. The highest BCUT2D eigenvalue weighted by Gasteiger charge is 2.40. The molecule has 0 aliphatic heterocycles. The highest BCUT2D eigenvalue weighted by molar-refractivity contribution is 6.60. The van der Waals surface area contributed by atoms with Gasteiger partial charge in [0.25, 0.3) is 0 Å². The van der Waals surface area contributed by atoms with Crippen LogP contribution < -0.4 is 0 Å². The quantitative estimate of drug-likeness (QED) is 0.0623. The van der Waals surface area contributed by atoms with Gasteiger partial charge in [0.2, 0.25) is 0 Å². The minimum Gasteiger partial charge on any atom is -0.381 e. The van der Waals surface area contributed by atoms with Crippen LogP contribution in [0.2, 0.25) is 6.04 Å². The molecule has 0 bridgehead atoms. The molecule has 0 radical (unpaired) electrons. The SMILES string of the molecule is CCCCCCCCO[Si](CCCCOCCCC)(OCCCCCCCC)OCCCCCCCC. The maximum atomic E-state index is 6.63. The standard InChI is InChI=1S/C32H68O4Si/c1-5-9-13-16-19-22-29-34-37(32-26-25-28-33-27-12-8-4,35-30-23-20-17-14-10-6-2)36-31-24-21-18-15-11-7-3/h5-32H2,1-4H3. The van der Waals surface area contributed by atoms with Gasteiger partial charge in [-0.3, -0.25) is 0 Å². The lowest BCUT2D eigenvalue weighted by Crippen LogP contribution is -2.46. The van der Waals surface area contributed by atoms with E-state index in [1.807, 2.05) is 0 Å². The maximum absolute atomic E-state index is 6.63. The summed E-state index contributed by atoms with van der Waals surface area (Å²) in [6.45, 7) is 13.1. The zero-order chi connectivity index (χ0) is 27.1. The van der Waals surface area contributed by atoms with Crippen molar-refractivity contribution in [3.63, 3.8) is 0 Å². The Morgan fingerprint density at radius 2 is 0.649 bits per heavy atom. The maximum Gasteiger partial charge on any atom is 0.500 e. The molecule has 0 rings (SSSR count). The van der Waals surface area contributed by atoms with E-state index in [1.54, 1.807) is 0 Å². The number of hydrogen-bond donors (Lipinski definition) is 0. The number of hydrogen-bond acceptors (Lipinski definition) is 4. The lowest BCUT2D eigenvalue weighted by atomic mass is 10.1. The lowest BCUT2D eigenvalue weighted by Gasteiger charge is -2.30. The Morgan fingerprint density at radius 3 is 1.05 bits per heavy atom. The average molecular weight is 545 g/mol. The van der Waals surface area contributed by atoms with Crippen LogP contribution in [0.15, 0.2) is 0 Å². The van der Waals surface area contributed by atoms with Crippen molar-refractivity contribution in [2.45, 2.75) is 175 Å². The highest BCUT2D eigenvalue weighted by atomic mass is 28.4. The summed E-state index contributed by atoms with van der Waals surface area (Å²) >= 11 is 0. The molecule has 5 heteroatoms. The van der Waals surface area contributed by atoms with E-state index >= 15 is 0 Å². The number of unbranched alkanes of at least 4 members (excludes halogenated alkanes) is 17. The predicted octanol–water partition coefficient (Wildman–Crippen LogP) is 10.7. The van der Waals surface area contributed by atoms with Crippen LogP contribution in [0, 0.1) is 0 Å². The lowest BCUT2D eigenvalue weighted by molar-refractivity contribution is 0.0536. The van der Waals surface area contributed by atoms with E-state index in [0.717, 1.165) is 77.6 Å². The van der Waals surface area contributed by atoms with Gasteiger partial charge in [0, 0.05) is 39.1 Å². The van der Waals surface area contributed by atoms with E-state index in [0.29, 0.717) is 0 Å². The minimum atomic E-state index is -2.65. The highest BCUT2D eigenvalue weighted by Crippen LogP contribution is 2.22. The first kappa shape index (κ1) is 37.1. The second-order valence-electron chi connectivity index (χ2n) is 11.0. The fourth-order valence-corrected chi connectivity index (χ4v) is 7.30. The molecule has 0 aliphatic rings. The smallest absolute Gasteiger partial charge is 0.381 e. The van der Waals surface area contributed by atoms with Crippen molar-refractivity contribution in [3.05, 3.63) is 0 Å². The molecule has 0 saturated carbocycles. The van der Waals surface area contributed by atoms with Crippen LogP contribution in [-0.2, 0) is 18.0 Å². The minimum absolute atomic E-state index is 0.790. The van der Waals surface area contributed by atoms with Gasteiger partial charge in [0.05, 0.1) is 0 Å². The average Bonchev–Trinajstić information content (AvgIpc) is 2.91. The zero-order valence-corrected chi connectivity index (χ0v) is 26.9. The van der Waals surface area contributed by atoms with Gasteiger partial charge in [0.1, 0.15) is 0 Å². The molecule has 37 heavy (non-hydrogen) atoms. The van der Waals surface area contributed by atoms with Crippen molar-refractivity contribution in [2.75, 3.05) is 33.0 Å². The van der Waals surface area contributed by atoms with Crippen LogP contribution in [0.1, 0.15) is 169 Å². The molecular weight excluding hydrogens is 476 g/mol. The van der Waals surface area contributed by atoms with Gasteiger partial charge in [-0.05, 0) is 38.5 Å². The van der Waals surface area contributed by atoms with Gasteiger partial charge >= 0.3 is 8.80 Å². The molecule has 0 aromatic rings. The van der Waals surface area contributed by atoms with Crippen LogP contribution >= 0.6 is 0 Å². The second kappa shape index (κ2) is 30.6. The van der Waals surface area contributed by atoms with Crippen molar-refractivity contribution in [3.8, 4) is 0 Å². The molecule has 4 nitrogen and oxygen atoms in total. The first-order valence-electron chi connectivity index (χ1n) is 16.7. The molecule has 0 unspecified atom stereocenters. The Bertz CT molecular complexity index is 344. The number of ether oxygens (including phenoxy) is 1. The molecule has 0 amide bonds. The van der Waals surface area contributed by atoms with Crippen LogP contribution in [0.3, 0.4) is 0 Å². The Kier molecular flexibility index (Phi) is 30.6. The molecule has 0 heterocycles. The van der Waals surface area contributed by atoms with E-state index < -0.39 is 8.80 Å². The van der Waals surface area contributed by atoms with Crippen molar-refractivity contribution < 1.29 is 18.0 Å². The third-order valence-corrected chi connectivity index (χ3v) is 10.0. The largest absolute Gasteiger partial charge is 0.500 e. The summed E-state index contributed by atoms with van der Waals surface area (Å²) in [5.74, 6) is 0. The molecule has 0 fully saturated rings. The van der Waals surface area contributed by atoms with Gasteiger partial charge < -0.3 is 18.0 Å².